The van der Waals surface area contributed by atoms with E-state index in [0.717, 1.165) is 41.7 Å². The molecule has 1 fully saturated rings. The molecule has 1 amide bonds. The summed E-state index contributed by atoms with van der Waals surface area (Å²) in [4.78, 5) is 18.0. The molecule has 1 aliphatic rings. The molecule has 0 spiro atoms. The van der Waals surface area contributed by atoms with Crippen molar-refractivity contribution < 1.29 is 9.53 Å². The highest BCUT2D eigenvalue weighted by molar-refractivity contribution is 6.01. The van der Waals surface area contributed by atoms with Gasteiger partial charge in [0.05, 0.1) is 7.11 Å². The second kappa shape index (κ2) is 5.43. The second-order valence-corrected chi connectivity index (χ2v) is 6.04. The number of nitrogens with zero attached hydrogens (tertiary/aromatic N) is 1. The first-order valence-electron chi connectivity index (χ1n) is 7.55. The molecule has 0 bridgehead atoms. The zero-order valence-electron chi connectivity index (χ0n) is 12.9. The molecule has 0 radical (unpaired) electrons. The fourth-order valence-corrected chi connectivity index (χ4v) is 3.18. The van der Waals surface area contributed by atoms with E-state index in [1.165, 1.54) is 6.42 Å². The minimum Gasteiger partial charge on any atom is -0.497 e. The highest BCUT2D eigenvalue weighted by Gasteiger charge is 2.25. The number of hydrogen-bond donors (Lipinski definition) is 1. The van der Waals surface area contributed by atoms with Crippen LogP contribution < -0.4 is 4.74 Å². The predicted molar refractivity (Wildman–Crippen MR) is 83.9 cm³/mol. The first-order chi connectivity index (χ1) is 10.1. The van der Waals surface area contributed by atoms with Crippen LogP contribution in [0.2, 0.25) is 0 Å². The van der Waals surface area contributed by atoms with Crippen LogP contribution in [0.25, 0.3) is 10.9 Å². The van der Waals surface area contributed by atoms with Gasteiger partial charge in [-0.05, 0) is 49.4 Å². The van der Waals surface area contributed by atoms with Crippen LogP contribution >= 0.6 is 0 Å². The fraction of sp³-hybridized carbons (Fsp3) is 0.471. The lowest BCUT2D eigenvalue weighted by molar-refractivity contribution is 0.0677. The summed E-state index contributed by atoms with van der Waals surface area (Å²) in [6.07, 6.45) is 2.31. The van der Waals surface area contributed by atoms with Gasteiger partial charge in [-0.25, -0.2) is 0 Å². The summed E-state index contributed by atoms with van der Waals surface area (Å²) in [5, 5.41) is 1.06. The summed E-state index contributed by atoms with van der Waals surface area (Å²) in [5.74, 6) is 1.52. The Morgan fingerprint density at radius 3 is 2.95 bits per heavy atom. The lowest BCUT2D eigenvalue weighted by atomic mass is 10.00. The van der Waals surface area contributed by atoms with E-state index in [4.69, 9.17) is 4.74 Å². The van der Waals surface area contributed by atoms with Crippen LogP contribution in [0.15, 0.2) is 18.2 Å². The normalized spacial score (nSPS) is 19.0. The minimum absolute atomic E-state index is 0.120. The number of amides is 1. The third-order valence-corrected chi connectivity index (χ3v) is 4.42. The molecule has 3 rings (SSSR count). The zero-order chi connectivity index (χ0) is 15.0. The van der Waals surface area contributed by atoms with Crippen LogP contribution in [-0.4, -0.2) is 36.0 Å². The third-order valence-electron chi connectivity index (χ3n) is 4.42. The summed E-state index contributed by atoms with van der Waals surface area (Å²) in [6.45, 7) is 5.93. The van der Waals surface area contributed by atoms with Gasteiger partial charge in [-0.2, -0.15) is 0 Å². The van der Waals surface area contributed by atoms with E-state index in [0.29, 0.717) is 11.6 Å². The van der Waals surface area contributed by atoms with E-state index in [-0.39, 0.29) is 5.91 Å². The molecule has 4 heteroatoms. The Balaban J connectivity index is 1.96. The smallest absolute Gasteiger partial charge is 0.270 e. The highest BCUT2D eigenvalue weighted by atomic mass is 16.5. The van der Waals surface area contributed by atoms with E-state index in [9.17, 15) is 4.79 Å². The zero-order valence-corrected chi connectivity index (χ0v) is 12.9. The van der Waals surface area contributed by atoms with Gasteiger partial charge in [0.25, 0.3) is 5.91 Å². The van der Waals surface area contributed by atoms with Gasteiger partial charge in [0.1, 0.15) is 11.4 Å². The van der Waals surface area contributed by atoms with Crippen molar-refractivity contribution in [1.82, 2.24) is 9.88 Å². The monoisotopic (exact) mass is 286 g/mol. The van der Waals surface area contributed by atoms with Gasteiger partial charge in [0, 0.05) is 24.0 Å². The van der Waals surface area contributed by atoms with E-state index in [1.807, 2.05) is 30.0 Å². The van der Waals surface area contributed by atoms with Gasteiger partial charge in [-0.15, -0.1) is 0 Å². The van der Waals surface area contributed by atoms with Gasteiger partial charge in [-0.1, -0.05) is 6.92 Å². The lowest BCUT2D eigenvalue weighted by Gasteiger charge is -2.30. The Morgan fingerprint density at radius 1 is 1.43 bits per heavy atom. The number of benzene rings is 1. The number of aryl methyl sites for hydroxylation is 1. The van der Waals surface area contributed by atoms with Crippen LogP contribution in [0.4, 0.5) is 0 Å². The summed E-state index contributed by atoms with van der Waals surface area (Å²) < 4.78 is 5.27. The molecule has 0 saturated carbocycles. The molecule has 112 valence electrons. The Morgan fingerprint density at radius 2 is 2.24 bits per heavy atom. The number of ether oxygens (including phenoxy) is 1. The van der Waals surface area contributed by atoms with Crippen LogP contribution in [0.5, 0.6) is 5.75 Å². The molecule has 1 aromatic heterocycles. The third kappa shape index (κ3) is 2.50. The maximum absolute atomic E-state index is 12.8. The predicted octanol–water partition coefficient (Wildman–Crippen LogP) is 3.36. The standard InChI is InChI=1S/C17H22N2O2/c1-11-5-4-8-19(10-11)17(20)16-12(2)14-9-13(21-3)6-7-15(14)18-16/h6-7,9,11,18H,4-5,8,10H2,1-3H3. The van der Waals surface area contributed by atoms with Crippen molar-refractivity contribution in [2.45, 2.75) is 26.7 Å². The molecular formula is C17H22N2O2. The van der Waals surface area contributed by atoms with Gasteiger partial charge in [0.2, 0.25) is 0 Å². The number of hydrogen-bond acceptors (Lipinski definition) is 2. The average Bonchev–Trinajstić information content (AvgIpc) is 2.83. The molecule has 1 aromatic carbocycles. The largest absolute Gasteiger partial charge is 0.497 e. The Bertz CT molecular complexity index is 675. The van der Waals surface area contributed by atoms with Crippen molar-refractivity contribution in [2.75, 3.05) is 20.2 Å². The molecule has 1 N–H and O–H groups in total. The molecule has 2 aromatic rings. The SMILES string of the molecule is COc1ccc2[nH]c(C(=O)N3CCCC(C)C3)c(C)c2c1. The molecule has 0 aliphatic carbocycles. The van der Waals surface area contributed by atoms with Crippen LogP contribution in [0.3, 0.4) is 0 Å². The summed E-state index contributed by atoms with van der Waals surface area (Å²) in [6, 6.07) is 5.86. The number of methoxy groups -OCH3 is 1. The number of rotatable bonds is 2. The molecule has 1 saturated heterocycles. The van der Waals surface area contributed by atoms with Crippen molar-refractivity contribution in [1.29, 1.82) is 0 Å². The van der Waals surface area contributed by atoms with Crippen LogP contribution in [0.1, 0.15) is 35.8 Å². The Labute approximate surface area is 125 Å². The van der Waals surface area contributed by atoms with Gasteiger partial charge >= 0.3 is 0 Å². The van der Waals surface area contributed by atoms with Gasteiger partial charge in [-0.3, -0.25) is 4.79 Å². The molecular weight excluding hydrogens is 264 g/mol. The Hall–Kier alpha value is -1.97. The molecule has 1 aliphatic heterocycles. The van der Waals surface area contributed by atoms with Crippen molar-refractivity contribution in [2.24, 2.45) is 5.92 Å². The molecule has 2 heterocycles. The first-order valence-corrected chi connectivity index (χ1v) is 7.55. The number of nitrogens with one attached hydrogen (secondary N) is 1. The second-order valence-electron chi connectivity index (χ2n) is 6.04. The topological polar surface area (TPSA) is 45.3 Å². The molecule has 1 unspecified atom stereocenters. The molecule has 21 heavy (non-hydrogen) atoms. The van der Waals surface area contributed by atoms with Crippen LogP contribution in [-0.2, 0) is 0 Å². The number of H-pyrrole nitrogens is 1. The number of carbonyl (C=O) groups excluding carboxylic acids is 1. The Kier molecular flexibility index (Phi) is 3.62. The van der Waals surface area contributed by atoms with E-state index >= 15 is 0 Å². The van der Waals surface area contributed by atoms with E-state index < -0.39 is 0 Å². The number of carbonyl (C=O) groups is 1. The maximum Gasteiger partial charge on any atom is 0.270 e. The summed E-state index contributed by atoms with van der Waals surface area (Å²) in [5.41, 5.74) is 2.71. The number of aromatic nitrogens is 1. The number of fused-ring (bicyclic) bond motifs is 1. The quantitative estimate of drug-likeness (QED) is 0.920. The first kappa shape index (κ1) is 14.0. The van der Waals surface area contributed by atoms with Crippen molar-refractivity contribution in [3.8, 4) is 5.75 Å². The number of aromatic amines is 1. The minimum atomic E-state index is 0.120. The number of piperidine rings is 1. The summed E-state index contributed by atoms with van der Waals surface area (Å²) >= 11 is 0. The van der Waals surface area contributed by atoms with E-state index in [2.05, 4.69) is 11.9 Å². The molecule has 1 atom stereocenters. The highest BCUT2D eigenvalue weighted by Crippen LogP contribution is 2.27. The number of likely N-dealkylation sites (tertiary alicyclic amines) is 1. The average molecular weight is 286 g/mol. The lowest BCUT2D eigenvalue weighted by Crippen LogP contribution is -2.39. The van der Waals surface area contributed by atoms with Gasteiger partial charge in [0.15, 0.2) is 0 Å². The van der Waals surface area contributed by atoms with Crippen molar-refractivity contribution >= 4 is 16.8 Å². The fourth-order valence-electron chi connectivity index (χ4n) is 3.18. The van der Waals surface area contributed by atoms with E-state index in [1.54, 1.807) is 7.11 Å². The van der Waals surface area contributed by atoms with Gasteiger partial charge < -0.3 is 14.6 Å². The summed E-state index contributed by atoms with van der Waals surface area (Å²) in [7, 11) is 1.66. The molecule has 4 nitrogen and oxygen atoms in total. The van der Waals surface area contributed by atoms with Crippen molar-refractivity contribution in [3.63, 3.8) is 0 Å². The van der Waals surface area contributed by atoms with Crippen molar-refractivity contribution in [3.05, 3.63) is 29.5 Å². The van der Waals surface area contributed by atoms with Crippen LogP contribution in [0, 0.1) is 12.8 Å². The maximum atomic E-state index is 12.8.